The summed E-state index contributed by atoms with van der Waals surface area (Å²) in [5.74, 6) is -0.444. The highest BCUT2D eigenvalue weighted by molar-refractivity contribution is 6.74. The SMILES string of the molecule is C=CCOC(=O)N1CCC[C@H]1C(O[Si](C)(C)C(C)(C)C)C(=O)C=[N+]=[N-]. The predicted octanol–water partition coefficient (Wildman–Crippen LogP) is 3.03. The standard InChI is InChI=1S/C17H29N3O4Si/c1-7-11-23-16(22)20-10-8-9-13(20)15(14(21)12-19-18)24-25(5,6)17(2,3)4/h7,12-13,15H,1,8-11H2,2-6H3/t13-,15?/m0/s1. The molecule has 0 aromatic rings. The number of nitrogens with zero attached hydrogens (tertiary/aromatic N) is 3. The highest BCUT2D eigenvalue weighted by Crippen LogP contribution is 2.38. The summed E-state index contributed by atoms with van der Waals surface area (Å²) in [6, 6.07) is -0.433. The fraction of sp³-hybridized carbons (Fsp3) is 0.706. The molecule has 0 aromatic heterocycles. The number of ether oxygens (including phenoxy) is 1. The van der Waals surface area contributed by atoms with E-state index in [1.165, 1.54) is 11.0 Å². The predicted molar refractivity (Wildman–Crippen MR) is 98.0 cm³/mol. The first kappa shape index (κ1) is 21.3. The summed E-state index contributed by atoms with van der Waals surface area (Å²) >= 11 is 0. The zero-order valence-corrected chi connectivity index (χ0v) is 16.8. The third-order valence-electron chi connectivity index (χ3n) is 4.90. The van der Waals surface area contributed by atoms with Crippen molar-refractivity contribution in [2.24, 2.45) is 0 Å². The van der Waals surface area contributed by atoms with Crippen LogP contribution >= 0.6 is 0 Å². The fourth-order valence-corrected chi connectivity index (χ4v) is 3.76. The lowest BCUT2D eigenvalue weighted by Gasteiger charge is -2.40. The van der Waals surface area contributed by atoms with Gasteiger partial charge in [-0.15, -0.1) is 0 Å². The smallest absolute Gasteiger partial charge is 0.410 e. The Kier molecular flexibility index (Phi) is 7.28. The van der Waals surface area contributed by atoms with E-state index in [9.17, 15) is 9.59 Å². The molecule has 1 rings (SSSR count). The molecule has 0 bridgehead atoms. The van der Waals surface area contributed by atoms with Crippen LogP contribution in [0.4, 0.5) is 4.79 Å². The molecule has 25 heavy (non-hydrogen) atoms. The maximum absolute atomic E-state index is 12.5. The Morgan fingerprint density at radius 3 is 2.60 bits per heavy atom. The van der Waals surface area contributed by atoms with E-state index in [4.69, 9.17) is 14.7 Å². The van der Waals surface area contributed by atoms with E-state index in [2.05, 4.69) is 32.1 Å². The summed E-state index contributed by atoms with van der Waals surface area (Å²) in [6.07, 6.45) is 2.39. The fourth-order valence-electron chi connectivity index (χ4n) is 2.50. The second-order valence-electron chi connectivity index (χ2n) is 7.71. The van der Waals surface area contributed by atoms with E-state index in [0.717, 1.165) is 12.6 Å². The number of carbonyl (C=O) groups is 2. The lowest BCUT2D eigenvalue weighted by molar-refractivity contribution is -0.125. The van der Waals surface area contributed by atoms with Crippen LogP contribution in [-0.4, -0.2) is 61.4 Å². The highest BCUT2D eigenvalue weighted by atomic mass is 28.4. The van der Waals surface area contributed by atoms with Crippen LogP contribution in [0.2, 0.25) is 18.1 Å². The molecule has 1 aliphatic rings. The van der Waals surface area contributed by atoms with Gasteiger partial charge in [0.05, 0.1) is 6.04 Å². The van der Waals surface area contributed by atoms with Gasteiger partial charge in [0.2, 0.25) is 0 Å². The molecule has 1 heterocycles. The molecule has 1 saturated heterocycles. The van der Waals surface area contributed by atoms with E-state index < -0.39 is 32.3 Å². The van der Waals surface area contributed by atoms with Gasteiger partial charge in [-0.1, -0.05) is 33.4 Å². The number of rotatable bonds is 7. The minimum atomic E-state index is -2.28. The first-order valence-corrected chi connectivity index (χ1v) is 11.4. The maximum atomic E-state index is 12.5. The summed E-state index contributed by atoms with van der Waals surface area (Å²) in [5.41, 5.74) is 8.77. The Labute approximate surface area is 150 Å². The highest BCUT2D eigenvalue weighted by Gasteiger charge is 2.46. The van der Waals surface area contributed by atoms with Crippen LogP contribution in [0.25, 0.3) is 5.53 Å². The van der Waals surface area contributed by atoms with E-state index in [-0.39, 0.29) is 11.6 Å². The van der Waals surface area contributed by atoms with Gasteiger partial charge in [0.15, 0.2) is 8.32 Å². The average molecular weight is 368 g/mol. The summed E-state index contributed by atoms with van der Waals surface area (Å²) in [7, 11) is -2.28. The van der Waals surface area contributed by atoms with Crippen molar-refractivity contribution in [3.8, 4) is 0 Å². The van der Waals surface area contributed by atoms with Gasteiger partial charge in [0.25, 0.3) is 5.78 Å². The molecule has 0 N–H and O–H groups in total. The number of hydrogen-bond acceptors (Lipinski definition) is 4. The minimum Gasteiger partial charge on any atom is -0.445 e. The Hall–Kier alpha value is -1.76. The summed E-state index contributed by atoms with van der Waals surface area (Å²) in [4.78, 5) is 29.2. The van der Waals surface area contributed by atoms with E-state index in [0.29, 0.717) is 13.0 Å². The number of likely N-dealkylation sites (tertiary alicyclic amines) is 1. The van der Waals surface area contributed by atoms with Crippen LogP contribution in [0.15, 0.2) is 12.7 Å². The second kappa shape index (κ2) is 8.56. The molecule has 7 nitrogen and oxygen atoms in total. The van der Waals surface area contributed by atoms with Crippen LogP contribution in [0, 0.1) is 0 Å². The van der Waals surface area contributed by atoms with E-state index in [1.54, 1.807) is 0 Å². The van der Waals surface area contributed by atoms with E-state index in [1.807, 2.05) is 13.1 Å². The van der Waals surface area contributed by atoms with Crippen LogP contribution in [0.5, 0.6) is 0 Å². The maximum Gasteiger partial charge on any atom is 0.410 e. The van der Waals surface area contributed by atoms with Crippen molar-refractivity contribution in [1.82, 2.24) is 4.90 Å². The number of carbonyl (C=O) groups excluding carboxylic acids is 2. The van der Waals surface area contributed by atoms with Crippen LogP contribution < -0.4 is 0 Å². The molecule has 140 valence electrons. The van der Waals surface area contributed by atoms with Gasteiger partial charge in [0, 0.05) is 6.54 Å². The average Bonchev–Trinajstić information content (AvgIpc) is 2.98. The second-order valence-corrected chi connectivity index (χ2v) is 12.5. The van der Waals surface area contributed by atoms with Crippen LogP contribution in [-0.2, 0) is 14.0 Å². The number of hydrogen-bond donors (Lipinski definition) is 0. The van der Waals surface area contributed by atoms with Gasteiger partial charge in [-0.3, -0.25) is 4.79 Å². The zero-order valence-electron chi connectivity index (χ0n) is 15.8. The summed E-state index contributed by atoms with van der Waals surface area (Å²) in [6.45, 7) is 14.4. The molecular formula is C17H29N3O4Si. The van der Waals surface area contributed by atoms with Crippen molar-refractivity contribution >= 4 is 26.4 Å². The van der Waals surface area contributed by atoms with Crippen LogP contribution in [0.3, 0.4) is 0 Å². The third kappa shape index (κ3) is 5.36. The van der Waals surface area contributed by atoms with E-state index >= 15 is 0 Å². The van der Waals surface area contributed by atoms with Gasteiger partial charge in [-0.05, 0) is 31.0 Å². The number of ketones is 1. The molecule has 0 saturated carbocycles. The number of amides is 1. The first-order chi connectivity index (χ1) is 11.5. The Morgan fingerprint density at radius 2 is 2.08 bits per heavy atom. The van der Waals surface area contributed by atoms with Gasteiger partial charge < -0.3 is 19.6 Å². The third-order valence-corrected chi connectivity index (χ3v) is 9.36. The lowest BCUT2D eigenvalue weighted by atomic mass is 10.1. The lowest BCUT2D eigenvalue weighted by Crippen LogP contribution is -2.54. The molecule has 1 unspecified atom stereocenters. The van der Waals surface area contributed by atoms with Gasteiger partial charge in [-0.2, -0.15) is 4.79 Å². The van der Waals surface area contributed by atoms with Crippen LogP contribution in [0.1, 0.15) is 33.6 Å². The Balaban J connectivity index is 3.10. The molecule has 1 aliphatic heterocycles. The monoisotopic (exact) mass is 367 g/mol. The van der Waals surface area contributed by atoms with Crippen molar-refractivity contribution in [3.63, 3.8) is 0 Å². The van der Waals surface area contributed by atoms with Crippen molar-refractivity contribution < 1.29 is 23.5 Å². The van der Waals surface area contributed by atoms with Gasteiger partial charge in [-0.25, -0.2) is 4.79 Å². The summed E-state index contributed by atoms with van der Waals surface area (Å²) in [5, 5.41) is -0.103. The largest absolute Gasteiger partial charge is 0.445 e. The molecule has 0 spiro atoms. The number of Topliss-reactive ketones (excluding diaryl/α,β-unsaturated/α-hetero) is 1. The van der Waals surface area contributed by atoms with Crippen molar-refractivity contribution in [2.75, 3.05) is 13.2 Å². The van der Waals surface area contributed by atoms with Crippen molar-refractivity contribution in [2.45, 2.75) is 63.9 Å². The molecule has 8 heteroatoms. The molecule has 2 atom stereocenters. The Bertz CT molecular complexity index is 565. The van der Waals surface area contributed by atoms with Gasteiger partial charge >= 0.3 is 12.3 Å². The van der Waals surface area contributed by atoms with Crippen molar-refractivity contribution in [3.05, 3.63) is 18.2 Å². The quantitative estimate of drug-likeness (QED) is 0.227. The molecule has 1 amide bonds. The molecule has 1 fully saturated rings. The topological polar surface area (TPSA) is 92.2 Å². The Morgan fingerprint density at radius 1 is 1.44 bits per heavy atom. The molecule has 0 aliphatic carbocycles. The molecule has 0 radical (unpaired) electrons. The normalized spacial score (nSPS) is 19.1. The van der Waals surface area contributed by atoms with Crippen molar-refractivity contribution in [1.29, 1.82) is 0 Å². The minimum absolute atomic E-state index is 0.103. The zero-order chi connectivity index (χ0) is 19.3. The summed E-state index contributed by atoms with van der Waals surface area (Å²) < 4.78 is 11.4. The first-order valence-electron chi connectivity index (χ1n) is 8.48. The molecular weight excluding hydrogens is 338 g/mol. The van der Waals surface area contributed by atoms with Gasteiger partial charge in [0.1, 0.15) is 12.7 Å². The molecule has 0 aromatic carbocycles.